The molecule has 2 heterocycles. The minimum Gasteiger partial charge on any atom is -0.378 e. The van der Waals surface area contributed by atoms with Gasteiger partial charge in [0.2, 0.25) is 11.8 Å². The number of anilines is 2. The van der Waals surface area contributed by atoms with E-state index in [0.717, 1.165) is 44.5 Å². The van der Waals surface area contributed by atoms with E-state index in [1.807, 2.05) is 17.0 Å². The van der Waals surface area contributed by atoms with Crippen molar-refractivity contribution < 1.29 is 14.3 Å². The second kappa shape index (κ2) is 9.61. The molecule has 0 spiro atoms. The van der Waals surface area contributed by atoms with Gasteiger partial charge in [-0.1, -0.05) is 0 Å². The lowest BCUT2D eigenvalue weighted by Crippen LogP contribution is -2.44. The molecule has 2 saturated heterocycles. The van der Waals surface area contributed by atoms with Crippen molar-refractivity contribution in [3.8, 4) is 0 Å². The summed E-state index contributed by atoms with van der Waals surface area (Å²) in [4.78, 5) is 29.7. The monoisotopic (exact) mass is 399 g/mol. The number of benzene rings is 1. The Hall–Kier alpha value is -2.08. The zero-order chi connectivity index (χ0) is 20.1. The lowest BCUT2D eigenvalue weighted by Gasteiger charge is -2.33. The quantitative estimate of drug-likeness (QED) is 0.844. The molecule has 4 rings (SSSR count). The molecule has 158 valence electrons. The third kappa shape index (κ3) is 5.10. The zero-order valence-electron chi connectivity index (χ0n) is 17.3. The maximum Gasteiger partial charge on any atom is 0.227 e. The van der Waals surface area contributed by atoms with Crippen molar-refractivity contribution in [3.05, 3.63) is 24.3 Å². The molecular formula is C23H33N3O3. The SMILES string of the molecule is O=C(Nc1ccc(N2CCCCC2)cc1)C1CCC(C(=O)N2CCOCC2)CC1. The highest BCUT2D eigenvalue weighted by Crippen LogP contribution is 2.31. The van der Waals surface area contributed by atoms with Gasteiger partial charge in [0.1, 0.15) is 0 Å². The van der Waals surface area contributed by atoms with Crippen LogP contribution >= 0.6 is 0 Å². The Labute approximate surface area is 173 Å². The van der Waals surface area contributed by atoms with Gasteiger partial charge in [-0.25, -0.2) is 0 Å². The molecule has 1 aromatic carbocycles. The number of carbonyl (C=O) groups excluding carboxylic acids is 2. The molecule has 2 amide bonds. The molecule has 3 fully saturated rings. The van der Waals surface area contributed by atoms with Crippen LogP contribution in [0.25, 0.3) is 0 Å². The van der Waals surface area contributed by atoms with Crippen molar-refractivity contribution in [1.29, 1.82) is 0 Å². The van der Waals surface area contributed by atoms with E-state index in [0.29, 0.717) is 26.3 Å². The summed E-state index contributed by atoms with van der Waals surface area (Å²) < 4.78 is 5.33. The smallest absolute Gasteiger partial charge is 0.227 e. The Morgan fingerprint density at radius 2 is 1.45 bits per heavy atom. The number of rotatable bonds is 4. The van der Waals surface area contributed by atoms with E-state index in [1.165, 1.54) is 24.9 Å². The summed E-state index contributed by atoms with van der Waals surface area (Å²) in [7, 11) is 0. The van der Waals surface area contributed by atoms with Crippen LogP contribution in [0.5, 0.6) is 0 Å². The summed E-state index contributed by atoms with van der Waals surface area (Å²) >= 11 is 0. The normalized spacial score (nSPS) is 25.5. The van der Waals surface area contributed by atoms with Gasteiger partial charge < -0.3 is 19.9 Å². The van der Waals surface area contributed by atoms with Gasteiger partial charge in [0.15, 0.2) is 0 Å². The number of piperidine rings is 1. The Balaban J connectivity index is 1.24. The number of carbonyl (C=O) groups is 2. The molecule has 1 aromatic rings. The minimum atomic E-state index is 0.00510. The maximum atomic E-state index is 12.7. The van der Waals surface area contributed by atoms with Gasteiger partial charge in [0.25, 0.3) is 0 Å². The molecule has 6 nitrogen and oxygen atoms in total. The van der Waals surface area contributed by atoms with E-state index in [9.17, 15) is 9.59 Å². The van der Waals surface area contributed by atoms with Crippen LogP contribution in [0.2, 0.25) is 0 Å². The molecule has 29 heavy (non-hydrogen) atoms. The fourth-order valence-corrected chi connectivity index (χ4v) is 4.80. The van der Waals surface area contributed by atoms with Gasteiger partial charge >= 0.3 is 0 Å². The number of nitrogens with zero attached hydrogens (tertiary/aromatic N) is 2. The molecule has 0 atom stereocenters. The van der Waals surface area contributed by atoms with Crippen molar-refractivity contribution in [3.63, 3.8) is 0 Å². The van der Waals surface area contributed by atoms with Crippen molar-refractivity contribution >= 4 is 23.2 Å². The highest BCUT2D eigenvalue weighted by atomic mass is 16.5. The fraction of sp³-hybridized carbons (Fsp3) is 0.652. The van der Waals surface area contributed by atoms with Crippen LogP contribution in [0, 0.1) is 11.8 Å². The summed E-state index contributed by atoms with van der Waals surface area (Å²) in [6.45, 7) is 4.93. The van der Waals surface area contributed by atoms with Crippen molar-refractivity contribution in [1.82, 2.24) is 4.90 Å². The Bertz CT molecular complexity index is 686. The summed E-state index contributed by atoms with van der Waals surface area (Å²) in [5, 5.41) is 3.08. The predicted molar refractivity (Wildman–Crippen MR) is 114 cm³/mol. The predicted octanol–water partition coefficient (Wildman–Crippen LogP) is 3.28. The molecule has 6 heteroatoms. The number of hydrogen-bond acceptors (Lipinski definition) is 4. The van der Waals surface area contributed by atoms with Gasteiger partial charge in [0.05, 0.1) is 13.2 Å². The zero-order valence-corrected chi connectivity index (χ0v) is 17.3. The molecule has 0 bridgehead atoms. The van der Waals surface area contributed by atoms with Gasteiger partial charge in [-0.05, 0) is 69.2 Å². The van der Waals surface area contributed by atoms with Crippen molar-refractivity contribution in [2.24, 2.45) is 11.8 Å². The molecule has 1 N–H and O–H groups in total. The first-order valence-electron chi connectivity index (χ1n) is 11.2. The number of morpholine rings is 1. The highest BCUT2D eigenvalue weighted by Gasteiger charge is 2.32. The first-order chi connectivity index (χ1) is 14.2. The van der Waals surface area contributed by atoms with Crippen LogP contribution in [0.4, 0.5) is 11.4 Å². The van der Waals surface area contributed by atoms with Gasteiger partial charge in [-0.15, -0.1) is 0 Å². The molecule has 3 aliphatic rings. The van der Waals surface area contributed by atoms with Crippen LogP contribution in [-0.2, 0) is 14.3 Å². The lowest BCUT2D eigenvalue weighted by molar-refractivity contribution is -0.141. The Morgan fingerprint density at radius 1 is 0.828 bits per heavy atom. The maximum absolute atomic E-state index is 12.7. The van der Waals surface area contributed by atoms with Crippen molar-refractivity contribution in [2.75, 3.05) is 49.6 Å². The van der Waals surface area contributed by atoms with Gasteiger partial charge in [0, 0.05) is 49.4 Å². The minimum absolute atomic E-state index is 0.00510. The largest absolute Gasteiger partial charge is 0.378 e. The second-order valence-electron chi connectivity index (χ2n) is 8.57. The van der Waals surface area contributed by atoms with Crippen LogP contribution in [-0.4, -0.2) is 56.1 Å². The molecule has 1 aliphatic carbocycles. The summed E-state index contributed by atoms with van der Waals surface area (Å²) in [6, 6.07) is 8.24. The molecule has 1 saturated carbocycles. The number of nitrogens with one attached hydrogen (secondary N) is 1. The Kier molecular flexibility index (Phi) is 6.70. The third-order valence-electron chi connectivity index (χ3n) is 6.63. The van der Waals surface area contributed by atoms with Crippen LogP contribution < -0.4 is 10.2 Å². The summed E-state index contributed by atoms with van der Waals surface area (Å²) in [5.74, 6) is 0.417. The van der Waals surface area contributed by atoms with E-state index >= 15 is 0 Å². The molecule has 0 aromatic heterocycles. The van der Waals surface area contributed by atoms with Crippen LogP contribution in [0.1, 0.15) is 44.9 Å². The fourth-order valence-electron chi connectivity index (χ4n) is 4.80. The van der Waals surface area contributed by atoms with E-state index in [4.69, 9.17) is 4.74 Å². The average molecular weight is 400 g/mol. The molecule has 0 unspecified atom stereocenters. The molecular weight excluding hydrogens is 366 g/mol. The van der Waals surface area contributed by atoms with Crippen LogP contribution in [0.3, 0.4) is 0 Å². The number of amides is 2. The van der Waals surface area contributed by atoms with E-state index in [1.54, 1.807) is 0 Å². The van der Waals surface area contributed by atoms with E-state index < -0.39 is 0 Å². The summed E-state index contributed by atoms with van der Waals surface area (Å²) in [5.41, 5.74) is 2.10. The highest BCUT2D eigenvalue weighted by molar-refractivity contribution is 5.93. The van der Waals surface area contributed by atoms with E-state index in [-0.39, 0.29) is 23.7 Å². The summed E-state index contributed by atoms with van der Waals surface area (Å²) in [6.07, 6.45) is 7.04. The molecule has 0 radical (unpaired) electrons. The van der Waals surface area contributed by atoms with Gasteiger partial charge in [-0.2, -0.15) is 0 Å². The lowest BCUT2D eigenvalue weighted by atomic mass is 9.81. The topological polar surface area (TPSA) is 61.9 Å². The van der Waals surface area contributed by atoms with Crippen molar-refractivity contribution in [2.45, 2.75) is 44.9 Å². The van der Waals surface area contributed by atoms with E-state index in [2.05, 4.69) is 22.3 Å². The van der Waals surface area contributed by atoms with Crippen LogP contribution in [0.15, 0.2) is 24.3 Å². The van der Waals surface area contributed by atoms with Gasteiger partial charge in [-0.3, -0.25) is 9.59 Å². The average Bonchev–Trinajstić information content (AvgIpc) is 2.80. The first-order valence-corrected chi connectivity index (χ1v) is 11.2. The molecule has 2 aliphatic heterocycles. The first kappa shape index (κ1) is 20.2. The number of hydrogen-bond donors (Lipinski definition) is 1. The number of ether oxygens (including phenoxy) is 1. The second-order valence-corrected chi connectivity index (χ2v) is 8.57. The Morgan fingerprint density at radius 3 is 2.10 bits per heavy atom. The standard InChI is InChI=1S/C23H33N3O3/c27-22(24-20-8-10-21(11-9-20)25-12-2-1-3-13-25)18-4-6-19(7-5-18)23(28)26-14-16-29-17-15-26/h8-11,18-19H,1-7,12-17H2,(H,24,27). The third-order valence-corrected chi connectivity index (χ3v) is 6.63.